The van der Waals surface area contributed by atoms with Gasteiger partial charge in [0, 0.05) is 25.5 Å². The van der Waals surface area contributed by atoms with Gasteiger partial charge in [0.05, 0.1) is 12.5 Å². The molecule has 0 amide bonds. The molecular weight excluding hydrogens is 204 g/mol. The van der Waals surface area contributed by atoms with E-state index < -0.39 is 0 Å². The van der Waals surface area contributed by atoms with Crippen molar-refractivity contribution < 1.29 is 9.53 Å². The Balaban J connectivity index is 2.23. The van der Waals surface area contributed by atoms with Gasteiger partial charge in [-0.2, -0.15) is 0 Å². The summed E-state index contributed by atoms with van der Waals surface area (Å²) in [6.07, 6.45) is 3.51. The average Bonchev–Trinajstić information content (AvgIpc) is 2.30. The van der Waals surface area contributed by atoms with E-state index in [2.05, 4.69) is 10.3 Å². The molecule has 0 aliphatic carbocycles. The van der Waals surface area contributed by atoms with Gasteiger partial charge < -0.3 is 10.1 Å². The number of rotatable bonds is 6. The fraction of sp³-hybridized carbons (Fsp3) is 0.500. The van der Waals surface area contributed by atoms with Gasteiger partial charge in [-0.15, -0.1) is 0 Å². The van der Waals surface area contributed by atoms with Crippen LogP contribution in [0.1, 0.15) is 19.4 Å². The Kier molecular flexibility index (Phi) is 5.50. The molecule has 4 nitrogen and oxygen atoms in total. The summed E-state index contributed by atoms with van der Waals surface area (Å²) in [6.45, 7) is 5.48. The molecule has 0 aromatic carbocycles. The monoisotopic (exact) mass is 222 g/mol. The number of hydrogen-bond donors (Lipinski definition) is 1. The zero-order valence-electron chi connectivity index (χ0n) is 9.77. The minimum absolute atomic E-state index is 0.109. The number of nitrogens with zero attached hydrogens (tertiary/aromatic N) is 1. The molecule has 1 aromatic rings. The van der Waals surface area contributed by atoms with Crippen LogP contribution in [0.3, 0.4) is 0 Å². The van der Waals surface area contributed by atoms with Crippen molar-refractivity contribution in [2.75, 3.05) is 13.2 Å². The summed E-state index contributed by atoms with van der Waals surface area (Å²) >= 11 is 0. The van der Waals surface area contributed by atoms with E-state index in [1.165, 1.54) is 0 Å². The van der Waals surface area contributed by atoms with Gasteiger partial charge in [-0.05, 0) is 24.6 Å². The minimum atomic E-state index is -0.148. The smallest absolute Gasteiger partial charge is 0.309 e. The first kappa shape index (κ1) is 12.6. The van der Waals surface area contributed by atoms with E-state index >= 15 is 0 Å². The average molecular weight is 222 g/mol. The molecule has 0 radical (unpaired) electrons. The molecule has 4 heteroatoms. The molecule has 0 aliphatic rings. The Morgan fingerprint density at radius 1 is 1.50 bits per heavy atom. The summed E-state index contributed by atoms with van der Waals surface area (Å²) in [6, 6.07) is 3.89. The number of aromatic nitrogens is 1. The Bertz CT molecular complexity index is 314. The Morgan fingerprint density at radius 3 is 2.81 bits per heavy atom. The van der Waals surface area contributed by atoms with Gasteiger partial charge in [0.2, 0.25) is 0 Å². The molecule has 0 spiro atoms. The first-order chi connectivity index (χ1) is 7.74. The van der Waals surface area contributed by atoms with Crippen LogP contribution in [0.4, 0.5) is 0 Å². The van der Waals surface area contributed by atoms with Crippen LogP contribution in [0.15, 0.2) is 24.5 Å². The van der Waals surface area contributed by atoms with Crippen molar-refractivity contribution in [1.29, 1.82) is 0 Å². The number of nitrogens with one attached hydrogen (secondary N) is 1. The molecule has 0 fully saturated rings. The fourth-order valence-electron chi connectivity index (χ4n) is 1.30. The van der Waals surface area contributed by atoms with E-state index in [0.29, 0.717) is 13.2 Å². The van der Waals surface area contributed by atoms with Crippen molar-refractivity contribution in [1.82, 2.24) is 10.3 Å². The molecule has 0 saturated heterocycles. The zero-order chi connectivity index (χ0) is 11.8. The number of pyridine rings is 1. The molecule has 16 heavy (non-hydrogen) atoms. The van der Waals surface area contributed by atoms with E-state index in [4.69, 9.17) is 4.74 Å². The number of carbonyl (C=O) groups excluding carboxylic acids is 1. The third-order valence-corrected chi connectivity index (χ3v) is 2.22. The van der Waals surface area contributed by atoms with Crippen molar-refractivity contribution in [2.45, 2.75) is 20.4 Å². The number of esters is 1. The molecule has 1 heterocycles. The van der Waals surface area contributed by atoms with Gasteiger partial charge >= 0.3 is 5.97 Å². The molecule has 0 bridgehead atoms. The first-order valence-corrected chi connectivity index (χ1v) is 5.50. The first-order valence-electron chi connectivity index (χ1n) is 5.50. The van der Waals surface area contributed by atoms with E-state index in [-0.39, 0.29) is 11.9 Å². The molecule has 88 valence electrons. The predicted octanol–water partition coefficient (Wildman–Crippen LogP) is 1.37. The molecule has 1 aromatic heterocycles. The van der Waals surface area contributed by atoms with Crippen molar-refractivity contribution in [2.24, 2.45) is 5.92 Å². The maximum atomic E-state index is 11.3. The summed E-state index contributed by atoms with van der Waals surface area (Å²) in [5.41, 5.74) is 1.16. The third kappa shape index (κ3) is 4.40. The summed E-state index contributed by atoms with van der Waals surface area (Å²) < 4.78 is 4.92. The predicted molar refractivity (Wildman–Crippen MR) is 61.7 cm³/mol. The third-order valence-electron chi connectivity index (χ3n) is 2.22. The van der Waals surface area contributed by atoms with Crippen LogP contribution in [0.25, 0.3) is 0 Å². The topological polar surface area (TPSA) is 51.2 Å². The highest BCUT2D eigenvalue weighted by Crippen LogP contribution is 1.99. The second-order valence-electron chi connectivity index (χ2n) is 3.64. The summed E-state index contributed by atoms with van der Waals surface area (Å²) in [5.74, 6) is -0.258. The lowest BCUT2D eigenvalue weighted by Crippen LogP contribution is -2.27. The highest BCUT2D eigenvalue weighted by molar-refractivity contribution is 5.72. The maximum Gasteiger partial charge on any atom is 0.309 e. The van der Waals surface area contributed by atoms with Gasteiger partial charge in [-0.1, -0.05) is 6.92 Å². The van der Waals surface area contributed by atoms with Crippen molar-refractivity contribution in [3.05, 3.63) is 30.1 Å². The van der Waals surface area contributed by atoms with E-state index in [1.54, 1.807) is 12.4 Å². The molecule has 1 unspecified atom stereocenters. The lowest BCUT2D eigenvalue weighted by atomic mass is 10.2. The normalized spacial score (nSPS) is 12.1. The van der Waals surface area contributed by atoms with E-state index in [1.807, 2.05) is 26.0 Å². The van der Waals surface area contributed by atoms with Gasteiger partial charge in [-0.25, -0.2) is 0 Å². The minimum Gasteiger partial charge on any atom is -0.466 e. The van der Waals surface area contributed by atoms with E-state index in [0.717, 1.165) is 12.1 Å². The highest BCUT2D eigenvalue weighted by Gasteiger charge is 2.12. The molecular formula is C12H18N2O2. The largest absolute Gasteiger partial charge is 0.466 e. The van der Waals surface area contributed by atoms with Crippen LogP contribution in [-0.4, -0.2) is 24.1 Å². The molecule has 0 saturated carbocycles. The van der Waals surface area contributed by atoms with Crippen molar-refractivity contribution in [3.63, 3.8) is 0 Å². The Hall–Kier alpha value is -1.42. The molecule has 0 aliphatic heterocycles. The number of carbonyl (C=O) groups is 1. The van der Waals surface area contributed by atoms with Gasteiger partial charge in [0.15, 0.2) is 0 Å². The number of hydrogen-bond acceptors (Lipinski definition) is 4. The van der Waals surface area contributed by atoms with Crippen LogP contribution in [0, 0.1) is 5.92 Å². The summed E-state index contributed by atoms with van der Waals surface area (Å²) in [7, 11) is 0. The van der Waals surface area contributed by atoms with Crippen LogP contribution < -0.4 is 5.32 Å². The molecule has 1 N–H and O–H groups in total. The van der Waals surface area contributed by atoms with E-state index in [9.17, 15) is 4.79 Å². The second-order valence-corrected chi connectivity index (χ2v) is 3.64. The SMILES string of the molecule is CCOC(=O)C(C)CNCc1ccncc1. The zero-order valence-corrected chi connectivity index (χ0v) is 9.77. The molecule has 1 atom stereocenters. The Labute approximate surface area is 96.0 Å². The standard InChI is InChI=1S/C12H18N2O2/c1-3-16-12(15)10(2)8-14-9-11-4-6-13-7-5-11/h4-7,10,14H,3,8-9H2,1-2H3. The van der Waals surface area contributed by atoms with Gasteiger partial charge in [0.1, 0.15) is 0 Å². The fourth-order valence-corrected chi connectivity index (χ4v) is 1.30. The van der Waals surface area contributed by atoms with Crippen LogP contribution in [0.2, 0.25) is 0 Å². The lowest BCUT2D eigenvalue weighted by Gasteiger charge is -2.11. The second kappa shape index (κ2) is 6.95. The lowest BCUT2D eigenvalue weighted by molar-refractivity contribution is -0.147. The van der Waals surface area contributed by atoms with Crippen molar-refractivity contribution in [3.8, 4) is 0 Å². The summed E-state index contributed by atoms with van der Waals surface area (Å²) in [4.78, 5) is 15.3. The van der Waals surface area contributed by atoms with Gasteiger partial charge in [0.25, 0.3) is 0 Å². The quantitative estimate of drug-likeness (QED) is 0.739. The van der Waals surface area contributed by atoms with Crippen LogP contribution >= 0.6 is 0 Å². The number of ether oxygens (including phenoxy) is 1. The van der Waals surface area contributed by atoms with Gasteiger partial charge in [-0.3, -0.25) is 9.78 Å². The summed E-state index contributed by atoms with van der Waals surface area (Å²) in [5, 5.41) is 3.21. The highest BCUT2D eigenvalue weighted by atomic mass is 16.5. The maximum absolute atomic E-state index is 11.3. The Morgan fingerprint density at radius 2 is 2.19 bits per heavy atom. The molecule has 1 rings (SSSR count). The van der Waals surface area contributed by atoms with Crippen molar-refractivity contribution >= 4 is 5.97 Å². The van der Waals surface area contributed by atoms with Crippen LogP contribution in [-0.2, 0) is 16.1 Å². The van der Waals surface area contributed by atoms with Crippen LogP contribution in [0.5, 0.6) is 0 Å².